The van der Waals surface area contributed by atoms with Gasteiger partial charge in [-0.25, -0.2) is 4.79 Å². The lowest BCUT2D eigenvalue weighted by Crippen LogP contribution is -2.31. The van der Waals surface area contributed by atoms with E-state index in [0.717, 1.165) is 57.8 Å². The van der Waals surface area contributed by atoms with Crippen LogP contribution >= 0.6 is 15.9 Å². The Labute approximate surface area is 181 Å². The van der Waals surface area contributed by atoms with Crippen LogP contribution in [0.1, 0.15) is 31.7 Å². The third-order valence-corrected chi connectivity index (χ3v) is 6.81. The fourth-order valence-corrected chi connectivity index (χ4v) is 5.01. The van der Waals surface area contributed by atoms with Crippen LogP contribution in [0.25, 0.3) is 21.9 Å². The molecule has 2 aromatic carbocycles. The summed E-state index contributed by atoms with van der Waals surface area (Å²) in [6.45, 7) is 0. The average molecular weight is 468 g/mol. The molecule has 1 fully saturated rings. The third-order valence-electron chi connectivity index (χ3n) is 6.15. The molecule has 5 rings (SSSR count). The quantitative estimate of drug-likeness (QED) is 0.469. The van der Waals surface area contributed by atoms with E-state index in [1.807, 2.05) is 52.7 Å². The van der Waals surface area contributed by atoms with Crippen molar-refractivity contribution >= 4 is 49.5 Å². The lowest BCUT2D eigenvalue weighted by molar-refractivity contribution is -0.121. The van der Waals surface area contributed by atoms with Gasteiger partial charge in [-0.05, 0) is 71.9 Å². The standard InChI is InChI=1S/C22H22BrN5O2/c1-27-18-10-7-15(11-14(18)12-24-27)25-21(29)13-5-8-16(9-6-13)28-19-4-2-3-17(23)20(19)26-22(28)30/h2-4,7,10-13,16H,5-6,8-9H2,1H3,(H,25,29)(H,26,30)/t13-,16+. The van der Waals surface area contributed by atoms with E-state index >= 15 is 0 Å². The molecule has 154 valence electrons. The number of hydrogen-bond acceptors (Lipinski definition) is 3. The molecule has 2 aromatic heterocycles. The first kappa shape index (κ1) is 19.1. The molecule has 8 heteroatoms. The number of aryl methyl sites for hydroxylation is 1. The first-order valence-corrected chi connectivity index (χ1v) is 10.9. The molecule has 2 heterocycles. The molecule has 1 saturated carbocycles. The highest BCUT2D eigenvalue weighted by Crippen LogP contribution is 2.34. The summed E-state index contributed by atoms with van der Waals surface area (Å²) in [7, 11) is 1.90. The number of amides is 1. The van der Waals surface area contributed by atoms with Crippen molar-refractivity contribution in [2.45, 2.75) is 31.7 Å². The Morgan fingerprint density at radius 3 is 2.77 bits per heavy atom. The maximum absolute atomic E-state index is 12.8. The lowest BCUT2D eigenvalue weighted by atomic mass is 9.85. The van der Waals surface area contributed by atoms with Crippen molar-refractivity contribution in [1.82, 2.24) is 19.3 Å². The number of carbonyl (C=O) groups is 1. The Balaban J connectivity index is 1.28. The van der Waals surface area contributed by atoms with Gasteiger partial charge in [-0.15, -0.1) is 0 Å². The molecule has 30 heavy (non-hydrogen) atoms. The van der Waals surface area contributed by atoms with Crippen molar-refractivity contribution in [1.29, 1.82) is 0 Å². The number of rotatable bonds is 3. The van der Waals surface area contributed by atoms with Gasteiger partial charge in [-0.2, -0.15) is 5.10 Å². The Hall–Kier alpha value is -2.87. The van der Waals surface area contributed by atoms with E-state index in [9.17, 15) is 9.59 Å². The summed E-state index contributed by atoms with van der Waals surface area (Å²) in [6.07, 6.45) is 4.93. The van der Waals surface area contributed by atoms with Crippen molar-refractivity contribution in [2.24, 2.45) is 13.0 Å². The van der Waals surface area contributed by atoms with E-state index in [1.165, 1.54) is 0 Å². The minimum atomic E-state index is -0.0884. The second-order valence-electron chi connectivity index (χ2n) is 7.97. The van der Waals surface area contributed by atoms with Crippen LogP contribution in [0.4, 0.5) is 5.69 Å². The molecule has 1 aliphatic rings. The molecule has 0 unspecified atom stereocenters. The number of hydrogen-bond donors (Lipinski definition) is 2. The van der Waals surface area contributed by atoms with Crippen molar-refractivity contribution in [2.75, 3.05) is 5.32 Å². The molecule has 0 spiro atoms. The van der Waals surface area contributed by atoms with Gasteiger partial charge in [0, 0.05) is 34.6 Å². The number of carbonyl (C=O) groups excluding carboxylic acids is 1. The zero-order valence-corrected chi connectivity index (χ0v) is 18.1. The Kier molecular flexibility index (Phi) is 4.73. The number of nitrogens with zero attached hydrogens (tertiary/aromatic N) is 3. The number of nitrogens with one attached hydrogen (secondary N) is 2. The second kappa shape index (κ2) is 7.43. The zero-order valence-electron chi connectivity index (χ0n) is 16.6. The Morgan fingerprint density at radius 1 is 1.17 bits per heavy atom. The van der Waals surface area contributed by atoms with Crippen molar-refractivity contribution in [3.8, 4) is 0 Å². The number of anilines is 1. The molecule has 1 amide bonds. The Morgan fingerprint density at radius 2 is 1.97 bits per heavy atom. The van der Waals surface area contributed by atoms with Crippen LogP contribution in [0.5, 0.6) is 0 Å². The summed E-state index contributed by atoms with van der Waals surface area (Å²) >= 11 is 3.50. The van der Waals surface area contributed by atoms with Gasteiger partial charge in [0.15, 0.2) is 0 Å². The number of aromatic nitrogens is 4. The van der Waals surface area contributed by atoms with Gasteiger partial charge in [0.2, 0.25) is 5.91 Å². The molecule has 0 atom stereocenters. The monoisotopic (exact) mass is 467 g/mol. The molecule has 2 N–H and O–H groups in total. The first-order chi connectivity index (χ1) is 14.5. The number of para-hydroxylation sites is 1. The molecule has 7 nitrogen and oxygen atoms in total. The normalized spacial score (nSPS) is 19.4. The lowest BCUT2D eigenvalue weighted by Gasteiger charge is -2.28. The maximum atomic E-state index is 12.8. The SMILES string of the molecule is Cn1ncc2cc(NC(=O)[C@H]3CC[C@@H](n4c(=O)[nH]c5c(Br)cccc54)CC3)ccc21. The molecular weight excluding hydrogens is 446 g/mol. The molecule has 0 radical (unpaired) electrons. The molecule has 4 aromatic rings. The van der Waals surface area contributed by atoms with Crippen molar-refractivity contribution in [3.05, 3.63) is 57.6 Å². The van der Waals surface area contributed by atoms with Gasteiger partial charge < -0.3 is 10.3 Å². The molecular formula is C22H22BrN5O2. The van der Waals surface area contributed by atoms with Gasteiger partial charge in [0.25, 0.3) is 0 Å². The first-order valence-electron chi connectivity index (χ1n) is 10.1. The number of H-pyrrole nitrogens is 1. The zero-order chi connectivity index (χ0) is 20.8. The Bertz CT molecular complexity index is 1310. The van der Waals surface area contributed by atoms with Gasteiger partial charge in [-0.3, -0.25) is 14.0 Å². The maximum Gasteiger partial charge on any atom is 0.326 e. The van der Waals surface area contributed by atoms with Crippen LogP contribution in [0.15, 0.2) is 51.9 Å². The van der Waals surface area contributed by atoms with Crippen LogP contribution in [0, 0.1) is 5.92 Å². The molecule has 0 aliphatic heterocycles. The minimum Gasteiger partial charge on any atom is -0.326 e. The summed E-state index contributed by atoms with van der Waals surface area (Å²) in [4.78, 5) is 28.3. The highest BCUT2D eigenvalue weighted by Gasteiger charge is 2.29. The predicted molar refractivity (Wildman–Crippen MR) is 121 cm³/mol. The fourth-order valence-electron chi connectivity index (χ4n) is 4.56. The summed E-state index contributed by atoms with van der Waals surface area (Å²) in [5.74, 6) is 0.00389. The molecule has 0 bridgehead atoms. The van der Waals surface area contributed by atoms with E-state index in [-0.39, 0.29) is 23.6 Å². The van der Waals surface area contributed by atoms with E-state index in [1.54, 1.807) is 6.20 Å². The van der Waals surface area contributed by atoms with E-state index < -0.39 is 0 Å². The highest BCUT2D eigenvalue weighted by molar-refractivity contribution is 9.10. The van der Waals surface area contributed by atoms with E-state index in [2.05, 4.69) is 31.3 Å². The van der Waals surface area contributed by atoms with Gasteiger partial charge in [0.05, 0.1) is 22.7 Å². The minimum absolute atomic E-state index is 0.0431. The second-order valence-corrected chi connectivity index (χ2v) is 8.82. The van der Waals surface area contributed by atoms with Crippen molar-refractivity contribution in [3.63, 3.8) is 0 Å². The smallest absolute Gasteiger partial charge is 0.326 e. The molecule has 0 saturated heterocycles. The van der Waals surface area contributed by atoms with Gasteiger partial charge in [-0.1, -0.05) is 6.07 Å². The number of aromatic amines is 1. The van der Waals surface area contributed by atoms with Crippen LogP contribution in [-0.2, 0) is 11.8 Å². The fraction of sp³-hybridized carbons (Fsp3) is 0.318. The number of benzene rings is 2. The summed E-state index contributed by atoms with van der Waals surface area (Å²) in [5.41, 5.74) is 3.47. The summed E-state index contributed by atoms with van der Waals surface area (Å²) in [5, 5.41) is 8.30. The topological polar surface area (TPSA) is 84.7 Å². The largest absolute Gasteiger partial charge is 0.326 e. The number of fused-ring (bicyclic) bond motifs is 2. The van der Waals surface area contributed by atoms with Crippen LogP contribution in [0.3, 0.4) is 0 Å². The van der Waals surface area contributed by atoms with Crippen LogP contribution < -0.4 is 11.0 Å². The number of imidazole rings is 1. The van der Waals surface area contributed by atoms with Crippen molar-refractivity contribution < 1.29 is 4.79 Å². The van der Waals surface area contributed by atoms with Crippen LogP contribution in [0.2, 0.25) is 0 Å². The molecule has 1 aliphatic carbocycles. The van der Waals surface area contributed by atoms with E-state index in [4.69, 9.17) is 0 Å². The number of halogens is 1. The summed E-state index contributed by atoms with van der Waals surface area (Å²) in [6, 6.07) is 11.8. The van der Waals surface area contributed by atoms with Crippen LogP contribution in [-0.4, -0.2) is 25.2 Å². The van der Waals surface area contributed by atoms with Gasteiger partial charge >= 0.3 is 5.69 Å². The summed E-state index contributed by atoms with van der Waals surface area (Å²) < 4.78 is 4.55. The van der Waals surface area contributed by atoms with E-state index in [0.29, 0.717) is 0 Å². The predicted octanol–water partition coefficient (Wildman–Crippen LogP) is 4.35. The van der Waals surface area contributed by atoms with Gasteiger partial charge in [0.1, 0.15) is 0 Å². The highest BCUT2D eigenvalue weighted by atomic mass is 79.9. The average Bonchev–Trinajstić information content (AvgIpc) is 3.28. The third kappa shape index (κ3) is 3.25.